The Morgan fingerprint density at radius 3 is 2.35 bits per heavy atom. The molecule has 0 aliphatic carbocycles. The van der Waals surface area contributed by atoms with Crippen molar-refractivity contribution < 1.29 is 18.7 Å². The molecule has 0 fully saturated rings. The van der Waals surface area contributed by atoms with Gasteiger partial charge >= 0.3 is 5.97 Å². The van der Waals surface area contributed by atoms with Crippen LogP contribution in [0.1, 0.15) is 43.6 Å². The van der Waals surface area contributed by atoms with E-state index in [9.17, 15) is 4.79 Å². The van der Waals surface area contributed by atoms with E-state index in [2.05, 4.69) is 0 Å². The molecule has 4 heteroatoms. The number of carbonyl (C=O) groups is 1. The van der Waals surface area contributed by atoms with Crippen LogP contribution in [0.5, 0.6) is 0 Å². The Hall–Kier alpha value is -1.71. The molecule has 0 unspecified atom stereocenters. The lowest BCUT2D eigenvalue weighted by atomic mass is 10.1. The maximum absolute atomic E-state index is 11.9. The van der Waals surface area contributed by atoms with Crippen LogP contribution in [0.4, 0.5) is 0 Å². The first-order chi connectivity index (χ1) is 7.92. The first-order valence-electron chi connectivity index (χ1n) is 5.66. The van der Waals surface area contributed by atoms with Gasteiger partial charge in [0.1, 0.15) is 11.2 Å². The van der Waals surface area contributed by atoms with Crippen molar-refractivity contribution in [1.29, 1.82) is 0 Å². The third-order valence-corrected chi connectivity index (χ3v) is 2.40. The highest BCUT2D eigenvalue weighted by molar-refractivity contribution is 6.01. The molecule has 4 nitrogen and oxygen atoms in total. The largest absolute Gasteiger partial charge is 0.456 e. The second kappa shape index (κ2) is 3.95. The van der Waals surface area contributed by atoms with Gasteiger partial charge in [0.25, 0.3) is 0 Å². The second-order valence-electron chi connectivity index (χ2n) is 4.95. The van der Waals surface area contributed by atoms with E-state index >= 15 is 0 Å². The number of fused-ring (bicyclic) bond motifs is 1. The number of hydrogen-bond acceptors (Lipinski definition) is 4. The van der Waals surface area contributed by atoms with Gasteiger partial charge in [0.05, 0.1) is 0 Å². The van der Waals surface area contributed by atoms with Gasteiger partial charge < -0.3 is 4.74 Å². The summed E-state index contributed by atoms with van der Waals surface area (Å²) in [7, 11) is 0. The Kier molecular flexibility index (Phi) is 2.73. The predicted molar refractivity (Wildman–Crippen MR) is 63.0 cm³/mol. The average Bonchev–Trinajstić information content (AvgIpc) is 2.15. The zero-order chi connectivity index (χ0) is 12.6. The number of aryl methyl sites for hydroxylation is 1. The topological polar surface area (TPSA) is 52.6 Å². The fourth-order valence-electron chi connectivity index (χ4n) is 1.60. The van der Waals surface area contributed by atoms with E-state index in [1.807, 2.05) is 33.8 Å². The lowest BCUT2D eigenvalue weighted by molar-refractivity contribution is 0.00558. The van der Waals surface area contributed by atoms with Crippen LogP contribution in [0.3, 0.4) is 0 Å². The number of carbonyl (C=O) groups excluding carboxylic acids is 1. The summed E-state index contributed by atoms with van der Waals surface area (Å²) < 4.78 is 15.1. The minimum absolute atomic E-state index is 0.389. The van der Waals surface area contributed by atoms with Gasteiger partial charge in [-0.2, -0.15) is 0 Å². The van der Waals surface area contributed by atoms with Crippen LogP contribution in [-0.2, 0) is 11.2 Å². The molecule has 0 saturated heterocycles. The molecule has 0 bridgehead atoms. The Labute approximate surface area is 99.5 Å². The van der Waals surface area contributed by atoms with Crippen LogP contribution in [-0.4, -0.2) is 11.6 Å². The molecule has 2 rings (SSSR count). The third kappa shape index (κ3) is 2.20. The highest BCUT2D eigenvalue weighted by atomic mass is 17.0. The van der Waals surface area contributed by atoms with Crippen molar-refractivity contribution in [2.75, 3.05) is 0 Å². The van der Waals surface area contributed by atoms with Gasteiger partial charge in [-0.1, -0.05) is 13.0 Å². The molecule has 0 radical (unpaired) electrons. The molecular formula is C13H16O4. The molecule has 0 amide bonds. The first kappa shape index (κ1) is 11.8. The van der Waals surface area contributed by atoms with Crippen LogP contribution in [0.2, 0.25) is 0 Å². The zero-order valence-electron chi connectivity index (χ0n) is 10.5. The van der Waals surface area contributed by atoms with Crippen molar-refractivity contribution in [3.63, 3.8) is 0 Å². The molecule has 0 N–H and O–H groups in total. The molecule has 2 aromatic rings. The summed E-state index contributed by atoms with van der Waals surface area (Å²) in [5, 5.41) is 0. The van der Waals surface area contributed by atoms with Crippen molar-refractivity contribution in [2.45, 2.75) is 39.7 Å². The van der Waals surface area contributed by atoms with E-state index in [0.29, 0.717) is 16.7 Å². The molecule has 1 aromatic carbocycles. The fraction of sp³-hybridized carbons (Fsp3) is 0.462. The lowest BCUT2D eigenvalue weighted by Crippen LogP contribution is -2.24. The minimum atomic E-state index is -0.516. The Balaban J connectivity index is 2.35. The van der Waals surface area contributed by atoms with Gasteiger partial charge in [0.15, 0.2) is 0 Å². The standard InChI is InChI=1S/C13H16O4/c1-5-8-6-7-9(11-10(8)16-17-11)12(14)15-13(2,3)4/h6-7H,5H2,1-4H3. The molecule has 0 saturated carbocycles. The minimum Gasteiger partial charge on any atom is -0.456 e. The number of esters is 1. The van der Waals surface area contributed by atoms with E-state index in [1.165, 1.54) is 0 Å². The Morgan fingerprint density at radius 1 is 1.24 bits per heavy atom. The molecule has 17 heavy (non-hydrogen) atoms. The van der Waals surface area contributed by atoms with Crippen LogP contribution < -0.4 is 0 Å². The molecule has 92 valence electrons. The molecule has 1 heterocycles. The number of ether oxygens (including phenoxy) is 1. The van der Waals surface area contributed by atoms with E-state index in [0.717, 1.165) is 12.0 Å². The monoisotopic (exact) mass is 236 g/mol. The van der Waals surface area contributed by atoms with Crippen molar-refractivity contribution >= 4 is 17.1 Å². The van der Waals surface area contributed by atoms with Gasteiger partial charge in [-0.15, -0.1) is 0 Å². The van der Waals surface area contributed by atoms with Crippen molar-refractivity contribution in [1.82, 2.24) is 0 Å². The van der Waals surface area contributed by atoms with Gasteiger partial charge in [-0.25, -0.2) is 4.79 Å². The summed E-state index contributed by atoms with van der Waals surface area (Å²) in [5.41, 5.74) is 2.06. The van der Waals surface area contributed by atoms with Crippen molar-refractivity contribution in [2.24, 2.45) is 0 Å². The quantitative estimate of drug-likeness (QED) is 0.591. The van der Waals surface area contributed by atoms with Crippen LogP contribution >= 0.6 is 0 Å². The summed E-state index contributed by atoms with van der Waals surface area (Å²) in [5.74, 6) is -0.389. The SMILES string of the molecule is CCc1ccc(C(=O)OC(C)(C)C)c2ooc12. The molecule has 0 aliphatic heterocycles. The van der Waals surface area contributed by atoms with E-state index in [4.69, 9.17) is 13.9 Å². The molecule has 0 aliphatic rings. The van der Waals surface area contributed by atoms with Gasteiger partial charge in [0, 0.05) is 5.56 Å². The van der Waals surface area contributed by atoms with Crippen molar-refractivity contribution in [3.8, 4) is 0 Å². The third-order valence-electron chi connectivity index (χ3n) is 2.40. The average molecular weight is 236 g/mol. The summed E-state index contributed by atoms with van der Waals surface area (Å²) in [6.45, 7) is 7.50. The maximum atomic E-state index is 11.9. The second-order valence-corrected chi connectivity index (χ2v) is 4.95. The van der Waals surface area contributed by atoms with Crippen LogP contribution in [0.25, 0.3) is 11.2 Å². The zero-order valence-corrected chi connectivity index (χ0v) is 10.5. The van der Waals surface area contributed by atoms with Crippen LogP contribution in [0, 0.1) is 0 Å². The van der Waals surface area contributed by atoms with Crippen LogP contribution in [0.15, 0.2) is 21.3 Å². The Bertz CT molecular complexity index is 539. The molecule has 0 atom stereocenters. The lowest BCUT2D eigenvalue weighted by Gasteiger charge is -2.19. The predicted octanol–water partition coefficient (Wildman–Crippen LogP) is 3.54. The number of rotatable bonds is 2. The van der Waals surface area contributed by atoms with E-state index < -0.39 is 5.60 Å². The Morgan fingerprint density at radius 2 is 1.88 bits per heavy atom. The van der Waals surface area contributed by atoms with Gasteiger partial charge in [-0.05, 0) is 33.3 Å². The van der Waals surface area contributed by atoms with Gasteiger partial charge in [0.2, 0.25) is 11.2 Å². The number of hydrogen-bond donors (Lipinski definition) is 0. The highest BCUT2D eigenvalue weighted by Crippen LogP contribution is 2.28. The molecule has 0 spiro atoms. The summed E-state index contributed by atoms with van der Waals surface area (Å²) in [6, 6.07) is 3.58. The van der Waals surface area contributed by atoms with E-state index in [1.54, 1.807) is 6.07 Å². The normalized spacial score (nSPS) is 12.0. The summed E-state index contributed by atoms with van der Waals surface area (Å²) in [6.07, 6.45) is 0.834. The van der Waals surface area contributed by atoms with E-state index in [-0.39, 0.29) is 5.97 Å². The van der Waals surface area contributed by atoms with Crippen molar-refractivity contribution in [3.05, 3.63) is 23.3 Å². The number of benzene rings is 1. The first-order valence-corrected chi connectivity index (χ1v) is 5.66. The maximum Gasteiger partial charge on any atom is 0.342 e. The summed E-state index contributed by atoms with van der Waals surface area (Å²) >= 11 is 0. The van der Waals surface area contributed by atoms with Gasteiger partial charge in [-0.3, -0.25) is 9.15 Å². The smallest absolute Gasteiger partial charge is 0.342 e. The highest BCUT2D eigenvalue weighted by Gasteiger charge is 2.24. The summed E-state index contributed by atoms with van der Waals surface area (Å²) in [4.78, 5) is 11.9. The fourth-order valence-corrected chi connectivity index (χ4v) is 1.60. The molecular weight excluding hydrogens is 220 g/mol. The molecule has 1 aromatic heterocycles.